The lowest BCUT2D eigenvalue weighted by Gasteiger charge is -2.34. The molecule has 1 fully saturated rings. The van der Waals surface area contributed by atoms with E-state index in [-0.39, 0.29) is 49.7 Å². The molecule has 2 aliphatic carbocycles. The van der Waals surface area contributed by atoms with Gasteiger partial charge in [0.25, 0.3) is 0 Å². The number of hydrogen-bond donors (Lipinski definition) is 1. The summed E-state index contributed by atoms with van der Waals surface area (Å²) in [7, 11) is -3.58. The van der Waals surface area contributed by atoms with Crippen LogP contribution in [0.3, 0.4) is 0 Å². The zero-order chi connectivity index (χ0) is 22.7. The fourth-order valence-corrected chi connectivity index (χ4v) is 6.03. The van der Waals surface area contributed by atoms with Gasteiger partial charge in [-0.1, -0.05) is 18.2 Å². The molecule has 2 amide bonds. The highest BCUT2D eigenvalue weighted by atomic mass is 32.2. The second-order valence-corrected chi connectivity index (χ2v) is 10.1. The summed E-state index contributed by atoms with van der Waals surface area (Å²) in [6, 6.07) is 7.99. The molecule has 1 aliphatic heterocycles. The van der Waals surface area contributed by atoms with Gasteiger partial charge in [-0.15, -0.1) is 0 Å². The minimum absolute atomic E-state index is 0.222. The molecule has 172 valence electrons. The van der Waals surface area contributed by atoms with Gasteiger partial charge in [0.1, 0.15) is 5.92 Å². The van der Waals surface area contributed by atoms with Gasteiger partial charge in [0.05, 0.1) is 11.5 Å². The summed E-state index contributed by atoms with van der Waals surface area (Å²) >= 11 is 0. The van der Waals surface area contributed by atoms with Gasteiger partial charge in [-0.25, -0.2) is 13.2 Å². The third kappa shape index (κ3) is 4.45. The molecule has 0 radical (unpaired) electrons. The molecule has 4 rings (SSSR count). The van der Waals surface area contributed by atoms with E-state index in [2.05, 4.69) is 5.32 Å². The third-order valence-corrected chi connectivity index (χ3v) is 8.14. The molecular weight excluding hydrogens is 430 g/mol. The molecular formula is C23H29N3O5S. The molecule has 1 heterocycles. The number of allylic oxidation sites excluding steroid dienone is 2. The molecule has 0 unspecified atom stereocenters. The van der Waals surface area contributed by atoms with Crippen molar-refractivity contribution in [3.05, 3.63) is 53.3 Å². The van der Waals surface area contributed by atoms with Gasteiger partial charge in [0, 0.05) is 31.9 Å². The second kappa shape index (κ2) is 9.46. The van der Waals surface area contributed by atoms with Crippen LogP contribution < -0.4 is 5.32 Å². The van der Waals surface area contributed by atoms with Gasteiger partial charge in [0.2, 0.25) is 10.0 Å². The van der Waals surface area contributed by atoms with Crippen molar-refractivity contribution < 1.29 is 22.7 Å². The number of amides is 2. The highest BCUT2D eigenvalue weighted by Crippen LogP contribution is 2.40. The van der Waals surface area contributed by atoms with E-state index >= 15 is 0 Å². The molecule has 1 aromatic carbocycles. The molecule has 0 aromatic heterocycles. The Balaban J connectivity index is 1.40. The maximum absolute atomic E-state index is 12.9. The number of ether oxygens (including phenoxy) is 1. The monoisotopic (exact) mass is 459 g/mol. The van der Waals surface area contributed by atoms with Gasteiger partial charge in [-0.3, -0.25) is 4.79 Å². The summed E-state index contributed by atoms with van der Waals surface area (Å²) < 4.78 is 32.3. The summed E-state index contributed by atoms with van der Waals surface area (Å²) in [4.78, 5) is 27.4. The highest BCUT2D eigenvalue weighted by molar-refractivity contribution is 7.89. The molecule has 0 bridgehead atoms. The van der Waals surface area contributed by atoms with Crippen molar-refractivity contribution in [1.29, 1.82) is 0 Å². The molecule has 3 aliphatic rings. The van der Waals surface area contributed by atoms with Crippen molar-refractivity contribution in [2.24, 2.45) is 5.92 Å². The summed E-state index contributed by atoms with van der Waals surface area (Å²) in [6.07, 6.45) is 5.76. The number of urea groups is 1. The normalized spacial score (nSPS) is 21.7. The number of carbonyl (C=O) groups is 2. The number of benzene rings is 1. The van der Waals surface area contributed by atoms with Crippen LogP contribution in [0.15, 0.2) is 58.1 Å². The van der Waals surface area contributed by atoms with E-state index in [9.17, 15) is 18.0 Å². The molecule has 1 atom stereocenters. The zero-order valence-electron chi connectivity index (χ0n) is 18.2. The molecule has 1 N–H and O–H groups in total. The van der Waals surface area contributed by atoms with Crippen LogP contribution in [-0.2, 0) is 19.6 Å². The van der Waals surface area contributed by atoms with Crippen molar-refractivity contribution in [1.82, 2.24) is 14.5 Å². The summed E-state index contributed by atoms with van der Waals surface area (Å²) in [5.74, 6) is -0.876. The Morgan fingerprint density at radius 2 is 1.75 bits per heavy atom. The number of rotatable bonds is 5. The van der Waals surface area contributed by atoms with Gasteiger partial charge >= 0.3 is 12.0 Å². The molecule has 9 heteroatoms. The number of hydrogen-bond acceptors (Lipinski definition) is 5. The van der Waals surface area contributed by atoms with E-state index in [0.29, 0.717) is 5.70 Å². The van der Waals surface area contributed by atoms with Crippen molar-refractivity contribution in [2.75, 3.05) is 32.8 Å². The Labute approximate surface area is 189 Å². The zero-order valence-corrected chi connectivity index (χ0v) is 19.1. The first-order valence-electron chi connectivity index (χ1n) is 11.1. The van der Waals surface area contributed by atoms with Crippen LogP contribution in [0, 0.1) is 5.92 Å². The van der Waals surface area contributed by atoms with Crippen LogP contribution in [-0.4, -0.2) is 62.4 Å². The average Bonchev–Trinajstić information content (AvgIpc) is 3.17. The van der Waals surface area contributed by atoms with Crippen LogP contribution in [0.4, 0.5) is 4.79 Å². The lowest BCUT2D eigenvalue weighted by atomic mass is 9.88. The lowest BCUT2D eigenvalue weighted by Crippen LogP contribution is -2.53. The number of sulfonamides is 1. The SMILES string of the molecule is CCOC(=O)[C@H]1C(NC(=O)N2CCN(S(=O)(=O)c3ccccc3)CC2)=CC2=C1CCCC2. The van der Waals surface area contributed by atoms with Gasteiger partial charge in [0.15, 0.2) is 0 Å². The quantitative estimate of drug-likeness (QED) is 0.683. The molecule has 1 saturated heterocycles. The summed E-state index contributed by atoms with van der Waals surface area (Å²) in [6.45, 7) is 3.06. The summed E-state index contributed by atoms with van der Waals surface area (Å²) in [5, 5.41) is 2.92. The molecule has 32 heavy (non-hydrogen) atoms. The Hall–Kier alpha value is -2.65. The fourth-order valence-electron chi connectivity index (χ4n) is 4.58. The molecule has 8 nitrogen and oxygen atoms in total. The number of esters is 1. The standard InChI is InChI=1S/C23H29N3O5S/c1-2-31-22(27)21-19-11-7-6-8-17(19)16-20(21)24-23(28)25-12-14-26(15-13-25)32(29,30)18-9-4-3-5-10-18/h3-5,9-10,16,21H,2,6-8,11-15H2,1H3,(H,24,28)/t21-/m1/s1. The third-order valence-electron chi connectivity index (χ3n) is 6.22. The maximum atomic E-state index is 12.9. The summed E-state index contributed by atoms with van der Waals surface area (Å²) in [5.41, 5.74) is 2.76. The van der Waals surface area contributed by atoms with Gasteiger partial charge in [-0.2, -0.15) is 4.31 Å². The minimum atomic E-state index is -3.58. The van der Waals surface area contributed by atoms with E-state index < -0.39 is 15.9 Å². The molecule has 0 spiro atoms. The van der Waals surface area contributed by atoms with E-state index in [1.54, 1.807) is 42.2 Å². The molecule has 1 aromatic rings. The van der Waals surface area contributed by atoms with Crippen LogP contribution in [0.25, 0.3) is 0 Å². The maximum Gasteiger partial charge on any atom is 0.321 e. The number of carbonyl (C=O) groups excluding carboxylic acids is 2. The molecule has 0 saturated carbocycles. The first kappa shape index (κ1) is 22.5. The van der Waals surface area contributed by atoms with E-state index in [1.165, 1.54) is 4.31 Å². The van der Waals surface area contributed by atoms with Gasteiger partial charge in [-0.05, 0) is 62.0 Å². The predicted molar refractivity (Wildman–Crippen MR) is 119 cm³/mol. The average molecular weight is 460 g/mol. The Bertz CT molecular complexity index is 1040. The van der Waals surface area contributed by atoms with Crippen molar-refractivity contribution in [3.63, 3.8) is 0 Å². The first-order valence-corrected chi connectivity index (χ1v) is 12.6. The van der Waals surface area contributed by atoms with E-state index in [4.69, 9.17) is 4.74 Å². The topological polar surface area (TPSA) is 96.0 Å². The fraction of sp³-hybridized carbons (Fsp3) is 0.478. The Morgan fingerprint density at radius 3 is 2.44 bits per heavy atom. The smallest absolute Gasteiger partial charge is 0.321 e. The van der Waals surface area contributed by atoms with Crippen LogP contribution in [0.1, 0.15) is 32.6 Å². The van der Waals surface area contributed by atoms with E-state index in [1.807, 2.05) is 6.08 Å². The number of piperazine rings is 1. The van der Waals surface area contributed by atoms with Gasteiger partial charge < -0.3 is 15.0 Å². The van der Waals surface area contributed by atoms with Crippen molar-refractivity contribution >= 4 is 22.0 Å². The van der Waals surface area contributed by atoms with Crippen LogP contribution in [0.5, 0.6) is 0 Å². The van der Waals surface area contributed by atoms with Crippen molar-refractivity contribution in [2.45, 2.75) is 37.5 Å². The number of nitrogens with zero attached hydrogens (tertiary/aromatic N) is 2. The predicted octanol–water partition coefficient (Wildman–Crippen LogP) is 2.65. The number of nitrogens with one attached hydrogen (secondary N) is 1. The van der Waals surface area contributed by atoms with Crippen LogP contribution in [0.2, 0.25) is 0 Å². The van der Waals surface area contributed by atoms with Crippen LogP contribution >= 0.6 is 0 Å². The minimum Gasteiger partial charge on any atom is -0.465 e. The lowest BCUT2D eigenvalue weighted by molar-refractivity contribution is -0.145. The van der Waals surface area contributed by atoms with E-state index in [0.717, 1.165) is 36.8 Å². The Kier molecular flexibility index (Phi) is 6.66. The largest absolute Gasteiger partial charge is 0.465 e. The highest BCUT2D eigenvalue weighted by Gasteiger charge is 2.37. The second-order valence-electron chi connectivity index (χ2n) is 8.18. The van der Waals surface area contributed by atoms with Crippen molar-refractivity contribution in [3.8, 4) is 0 Å². The Morgan fingerprint density at radius 1 is 1.06 bits per heavy atom. The first-order chi connectivity index (χ1) is 15.4.